The van der Waals surface area contributed by atoms with E-state index in [0.29, 0.717) is 39.1 Å². The van der Waals surface area contributed by atoms with E-state index in [2.05, 4.69) is 50.0 Å². The Kier molecular flexibility index (Phi) is 13.6. The lowest BCUT2D eigenvalue weighted by Crippen LogP contribution is -2.12. The Morgan fingerprint density at radius 3 is 1.64 bits per heavy atom. The number of esters is 4. The summed E-state index contributed by atoms with van der Waals surface area (Å²) in [7, 11) is 0. The van der Waals surface area contributed by atoms with E-state index in [1.807, 2.05) is 0 Å². The molecule has 264 valence electrons. The molecule has 53 heavy (non-hydrogen) atoms. The molecule has 0 atom stereocenters. The Morgan fingerprint density at radius 1 is 0.660 bits per heavy atom. The topological polar surface area (TPSA) is 105 Å². The minimum Gasteiger partial charge on any atom is -0.423 e. The molecule has 0 aliphatic carbocycles. The van der Waals surface area contributed by atoms with E-state index in [9.17, 15) is 23.6 Å². The van der Waals surface area contributed by atoms with Gasteiger partial charge in [-0.3, -0.25) is 4.39 Å². The number of ether oxygens (including phenoxy) is 4. The maximum absolute atomic E-state index is 13.7. The van der Waals surface area contributed by atoms with Gasteiger partial charge < -0.3 is 18.9 Å². The van der Waals surface area contributed by atoms with Crippen LogP contribution in [0.2, 0.25) is 0 Å². The van der Waals surface area contributed by atoms with Crippen molar-refractivity contribution in [3.05, 3.63) is 157 Å². The second-order valence-electron chi connectivity index (χ2n) is 11.1. The molecule has 4 rings (SSSR count). The Bertz CT molecular complexity index is 2210. The molecule has 0 aliphatic heterocycles. The third kappa shape index (κ3) is 10.9. The quantitative estimate of drug-likeness (QED) is 0.0636. The van der Waals surface area contributed by atoms with Gasteiger partial charge in [-0.25, -0.2) is 19.2 Å². The van der Waals surface area contributed by atoms with Gasteiger partial charge in [0.25, 0.3) is 0 Å². The van der Waals surface area contributed by atoms with Gasteiger partial charge >= 0.3 is 23.9 Å². The molecule has 0 N–H and O–H groups in total. The molecule has 0 aromatic heterocycles. The smallest absolute Gasteiger partial charge is 0.338 e. The maximum atomic E-state index is 13.7. The first-order valence-corrected chi connectivity index (χ1v) is 16.1. The molecule has 0 saturated heterocycles. The molecule has 0 bridgehead atoms. The molecule has 0 fully saturated rings. The van der Waals surface area contributed by atoms with Crippen molar-refractivity contribution in [3.8, 4) is 57.8 Å². The first-order chi connectivity index (χ1) is 25.5. The first kappa shape index (κ1) is 38.6. The van der Waals surface area contributed by atoms with Gasteiger partial charge in [-0.15, -0.1) is 0 Å². The Hall–Kier alpha value is -7.23. The van der Waals surface area contributed by atoms with Gasteiger partial charge in [-0.2, -0.15) is 0 Å². The number of halogens is 1. The molecule has 0 radical (unpaired) electrons. The molecule has 4 aromatic carbocycles. The standard InChI is InChI=1S/C44H33FO8/c1-6-40(46)50-34-22-15-31(16-23-34)12-11-30-13-20-33(21-14-30)38-28-39(52-41(47)7-2)37(43(53-42(48)8-3)36(38)10-9-27-45)26-19-32-17-24-35(25-18-32)51-44(49)29(4)5/h6-8,13-18,20-25,28H,1-4,9-10,27H2,5H3. The molecule has 0 amide bonds. The number of rotatable bonds is 12. The fourth-order valence-electron chi connectivity index (χ4n) is 4.61. The first-order valence-electron chi connectivity index (χ1n) is 16.1. The van der Waals surface area contributed by atoms with E-state index in [4.69, 9.17) is 18.9 Å². The molecular weight excluding hydrogens is 675 g/mol. The Balaban J connectivity index is 1.80. The van der Waals surface area contributed by atoms with Gasteiger partial charge in [0.2, 0.25) is 0 Å². The number of hydrogen-bond acceptors (Lipinski definition) is 8. The van der Waals surface area contributed by atoms with Crippen molar-refractivity contribution in [2.75, 3.05) is 6.67 Å². The highest BCUT2D eigenvalue weighted by Gasteiger charge is 2.23. The largest absolute Gasteiger partial charge is 0.423 e. The van der Waals surface area contributed by atoms with Gasteiger partial charge in [0.05, 0.1) is 6.67 Å². The van der Waals surface area contributed by atoms with Gasteiger partial charge in [0.1, 0.15) is 17.1 Å². The van der Waals surface area contributed by atoms with Crippen LogP contribution in [0.15, 0.2) is 129 Å². The van der Waals surface area contributed by atoms with Gasteiger partial charge in [0.15, 0.2) is 11.5 Å². The van der Waals surface area contributed by atoms with Crippen molar-refractivity contribution in [3.63, 3.8) is 0 Å². The summed E-state index contributed by atoms with van der Waals surface area (Å²) in [5.74, 6) is 9.87. The molecule has 0 aliphatic rings. The molecule has 0 saturated carbocycles. The number of hydrogen-bond donors (Lipinski definition) is 0. The van der Waals surface area contributed by atoms with Crippen molar-refractivity contribution in [1.82, 2.24) is 0 Å². The van der Waals surface area contributed by atoms with E-state index in [1.165, 1.54) is 6.92 Å². The third-order valence-electron chi connectivity index (χ3n) is 7.19. The van der Waals surface area contributed by atoms with E-state index in [-0.39, 0.29) is 41.2 Å². The average molecular weight is 709 g/mol. The summed E-state index contributed by atoms with van der Waals surface area (Å²) in [4.78, 5) is 48.5. The van der Waals surface area contributed by atoms with Crippen LogP contribution in [0, 0.1) is 23.7 Å². The Labute approximate surface area is 306 Å². The van der Waals surface area contributed by atoms with Crippen molar-refractivity contribution in [2.24, 2.45) is 0 Å². The molecule has 8 nitrogen and oxygen atoms in total. The number of alkyl halides is 1. The van der Waals surface area contributed by atoms with E-state index in [0.717, 1.165) is 18.2 Å². The van der Waals surface area contributed by atoms with Crippen LogP contribution in [0.5, 0.6) is 23.0 Å². The number of benzene rings is 4. The monoisotopic (exact) mass is 708 g/mol. The zero-order valence-electron chi connectivity index (χ0n) is 28.8. The SMILES string of the molecule is C=CC(=O)Oc1ccc(C#Cc2ccc(-c3cc(OC(=O)C=C)c(C#Cc4ccc(OC(=O)C(=C)C)cc4)c(OC(=O)C=C)c3CCCF)cc2)cc1. The second kappa shape index (κ2) is 18.7. The normalized spacial score (nSPS) is 9.85. The molecule has 9 heteroatoms. The van der Waals surface area contributed by atoms with Crippen molar-refractivity contribution in [1.29, 1.82) is 0 Å². The summed E-state index contributed by atoms with van der Waals surface area (Å²) >= 11 is 0. The van der Waals surface area contributed by atoms with Crippen LogP contribution in [-0.4, -0.2) is 30.6 Å². The van der Waals surface area contributed by atoms with Crippen LogP contribution in [0.3, 0.4) is 0 Å². The lowest BCUT2D eigenvalue weighted by Gasteiger charge is -2.19. The van der Waals surface area contributed by atoms with Gasteiger partial charge in [-0.1, -0.05) is 62.1 Å². The lowest BCUT2D eigenvalue weighted by atomic mass is 9.92. The van der Waals surface area contributed by atoms with Crippen LogP contribution in [0.1, 0.15) is 41.2 Å². The third-order valence-corrected chi connectivity index (χ3v) is 7.19. The number of carbonyl (C=O) groups is 4. The van der Waals surface area contributed by atoms with Crippen molar-refractivity contribution in [2.45, 2.75) is 19.8 Å². The van der Waals surface area contributed by atoms with Crippen molar-refractivity contribution >= 4 is 23.9 Å². The van der Waals surface area contributed by atoms with Gasteiger partial charge in [0, 0.05) is 46.1 Å². The minimum absolute atomic E-state index is 0.0293. The summed E-state index contributed by atoms with van der Waals surface area (Å²) in [6.07, 6.45) is 3.24. The molecule has 0 unspecified atom stereocenters. The highest BCUT2D eigenvalue weighted by Crippen LogP contribution is 2.41. The molecule has 0 heterocycles. The highest BCUT2D eigenvalue weighted by molar-refractivity contribution is 5.89. The van der Waals surface area contributed by atoms with Crippen LogP contribution >= 0.6 is 0 Å². The van der Waals surface area contributed by atoms with Crippen LogP contribution in [-0.2, 0) is 25.6 Å². The lowest BCUT2D eigenvalue weighted by molar-refractivity contribution is -0.130. The van der Waals surface area contributed by atoms with Crippen LogP contribution in [0.25, 0.3) is 11.1 Å². The molecular formula is C44H33FO8. The van der Waals surface area contributed by atoms with Crippen molar-refractivity contribution < 1.29 is 42.5 Å². The van der Waals surface area contributed by atoms with E-state index in [1.54, 1.807) is 78.9 Å². The fourth-order valence-corrected chi connectivity index (χ4v) is 4.61. The average Bonchev–Trinajstić information content (AvgIpc) is 3.17. The van der Waals surface area contributed by atoms with Crippen LogP contribution < -0.4 is 18.9 Å². The van der Waals surface area contributed by atoms with Crippen LogP contribution in [0.4, 0.5) is 4.39 Å². The number of carbonyl (C=O) groups excluding carboxylic acids is 4. The van der Waals surface area contributed by atoms with E-state index >= 15 is 0 Å². The van der Waals surface area contributed by atoms with Gasteiger partial charge in [-0.05, 0) is 97.6 Å². The summed E-state index contributed by atoms with van der Waals surface area (Å²) in [6.45, 7) is 14.8. The molecule has 4 aromatic rings. The summed E-state index contributed by atoms with van der Waals surface area (Å²) in [5, 5.41) is 0. The van der Waals surface area contributed by atoms with E-state index < -0.39 is 30.6 Å². The predicted octanol–water partition coefficient (Wildman–Crippen LogP) is 7.81. The minimum atomic E-state index is -0.811. The summed E-state index contributed by atoms with van der Waals surface area (Å²) < 4.78 is 35.3. The molecule has 0 spiro atoms. The fraction of sp³-hybridized carbons (Fsp3) is 0.0909. The zero-order chi connectivity index (χ0) is 38.3. The predicted molar refractivity (Wildman–Crippen MR) is 199 cm³/mol. The maximum Gasteiger partial charge on any atom is 0.338 e. The Morgan fingerprint density at radius 2 is 1.13 bits per heavy atom. The highest BCUT2D eigenvalue weighted by atomic mass is 19.1. The zero-order valence-corrected chi connectivity index (χ0v) is 28.8. The summed E-state index contributed by atoms with van der Waals surface area (Å²) in [5.41, 5.74) is 3.70. The summed E-state index contributed by atoms with van der Waals surface area (Å²) in [6, 6.07) is 21.7. The second-order valence-corrected chi connectivity index (χ2v) is 11.1.